The quantitative estimate of drug-likeness (QED) is 0.300. The summed E-state index contributed by atoms with van der Waals surface area (Å²) < 4.78 is 6.36. The van der Waals surface area contributed by atoms with Gasteiger partial charge in [0.2, 0.25) is 0 Å². The summed E-state index contributed by atoms with van der Waals surface area (Å²) in [6.45, 7) is 12.9. The van der Waals surface area contributed by atoms with Crippen molar-refractivity contribution in [1.29, 1.82) is 0 Å². The number of aliphatic carboxylic acids is 1. The number of aromatic nitrogens is 1. The van der Waals surface area contributed by atoms with Crippen molar-refractivity contribution < 1.29 is 24.2 Å². The number of benzene rings is 1. The highest BCUT2D eigenvalue weighted by Gasteiger charge is 2.45. The number of furan rings is 1. The van der Waals surface area contributed by atoms with Crippen molar-refractivity contribution in [1.82, 2.24) is 9.88 Å². The highest BCUT2D eigenvalue weighted by atomic mass is 35.5. The number of pyridine rings is 1. The van der Waals surface area contributed by atoms with Gasteiger partial charge in [0, 0.05) is 46.1 Å². The van der Waals surface area contributed by atoms with Crippen LogP contribution in [-0.2, 0) is 15.0 Å². The monoisotopic (exact) mass is 594 g/mol. The predicted octanol–water partition coefficient (Wildman–Crippen LogP) is 7.78. The number of hydrogen-bond acceptors (Lipinski definition) is 6. The number of aliphatic hydroxyl groups is 1. The van der Waals surface area contributed by atoms with Crippen LogP contribution >= 0.6 is 11.6 Å². The highest BCUT2D eigenvalue weighted by molar-refractivity contribution is 6.30. The Labute approximate surface area is 253 Å². The number of halogens is 1. The Kier molecular flexibility index (Phi) is 8.10. The van der Waals surface area contributed by atoms with Crippen LogP contribution in [0.15, 0.2) is 40.8 Å². The number of hydrogen-bond donors (Lipinski definition) is 2. The Hall–Kier alpha value is -2.74. The summed E-state index contributed by atoms with van der Waals surface area (Å²) >= 11 is 6.11. The van der Waals surface area contributed by atoms with E-state index in [1.165, 1.54) is 0 Å². The van der Waals surface area contributed by atoms with Crippen molar-refractivity contribution in [2.75, 3.05) is 6.54 Å². The van der Waals surface area contributed by atoms with Gasteiger partial charge in [-0.3, -0.25) is 14.5 Å². The molecule has 1 aliphatic carbocycles. The number of Topliss-reactive ketones (excluding diaryl/α,β-unsaturated/α-hetero) is 1. The Morgan fingerprint density at radius 2 is 1.69 bits per heavy atom. The Bertz CT molecular complexity index is 1480. The van der Waals surface area contributed by atoms with Crippen LogP contribution in [0.1, 0.15) is 97.6 Å². The zero-order valence-electron chi connectivity index (χ0n) is 25.5. The standard InChI is InChI=1S/C34H43ClN2O5/c1-32(2,3)24-17-25(20-7-9-23(35)10-8-20)36-26-18-27(42-29(24)26)30(39)37-16-13-22(19-33(37,4)5)28(38)21-11-14-34(6,15-12-21)31(40)41/h7-10,17-18,21-22,30,39H,11-16,19H2,1-6H3,(H,40,41). The molecular weight excluding hydrogens is 552 g/mol. The van der Waals surface area contributed by atoms with E-state index >= 15 is 0 Å². The molecule has 0 radical (unpaired) electrons. The molecule has 7 nitrogen and oxygen atoms in total. The fraction of sp³-hybridized carbons (Fsp3) is 0.559. The third kappa shape index (κ3) is 5.88. The normalized spacial score (nSPS) is 25.8. The molecule has 2 atom stereocenters. The van der Waals surface area contributed by atoms with Crippen LogP contribution in [0.5, 0.6) is 0 Å². The van der Waals surface area contributed by atoms with Gasteiger partial charge < -0.3 is 14.6 Å². The number of aliphatic hydroxyl groups excluding tert-OH is 1. The molecule has 0 bridgehead atoms. The van der Waals surface area contributed by atoms with E-state index in [1.807, 2.05) is 35.2 Å². The molecule has 0 spiro atoms. The SMILES string of the molecule is CC1(C(=O)O)CCC(C(=O)C2CCN(C(O)c3cc4nc(-c5ccc(Cl)cc5)cc(C(C)(C)C)c4o3)C(C)(C)C2)CC1. The second-order valence-corrected chi connectivity index (χ2v) is 14.7. The molecule has 1 aromatic carbocycles. The number of nitrogens with zero attached hydrogens (tertiary/aromatic N) is 2. The van der Waals surface area contributed by atoms with Crippen molar-refractivity contribution in [3.05, 3.63) is 52.7 Å². The van der Waals surface area contributed by atoms with E-state index in [-0.39, 0.29) is 23.0 Å². The first-order valence-electron chi connectivity index (χ1n) is 15.0. The summed E-state index contributed by atoms with van der Waals surface area (Å²) in [6, 6.07) is 11.5. The van der Waals surface area contributed by atoms with Gasteiger partial charge >= 0.3 is 5.97 Å². The van der Waals surface area contributed by atoms with Gasteiger partial charge in [-0.25, -0.2) is 4.98 Å². The van der Waals surface area contributed by atoms with E-state index in [0.717, 1.165) is 16.8 Å². The number of rotatable bonds is 6. The van der Waals surface area contributed by atoms with Gasteiger partial charge in [-0.2, -0.15) is 0 Å². The fourth-order valence-corrected chi connectivity index (χ4v) is 6.98. The number of ketones is 1. The van der Waals surface area contributed by atoms with Gasteiger partial charge in [0.05, 0.1) is 11.1 Å². The maximum atomic E-state index is 13.5. The average molecular weight is 595 g/mol. The molecule has 1 aliphatic heterocycles. The van der Waals surface area contributed by atoms with Crippen LogP contribution in [0.3, 0.4) is 0 Å². The second kappa shape index (κ2) is 11.1. The van der Waals surface area contributed by atoms with E-state index in [4.69, 9.17) is 21.0 Å². The third-order valence-electron chi connectivity index (χ3n) is 9.65. The van der Waals surface area contributed by atoms with Crippen LogP contribution in [0.2, 0.25) is 5.02 Å². The van der Waals surface area contributed by atoms with Crippen LogP contribution in [0.25, 0.3) is 22.4 Å². The third-order valence-corrected chi connectivity index (χ3v) is 9.90. The first-order chi connectivity index (χ1) is 19.6. The number of carbonyl (C=O) groups is 2. The Morgan fingerprint density at radius 1 is 1.05 bits per heavy atom. The van der Waals surface area contributed by atoms with Gasteiger partial charge in [0.25, 0.3) is 0 Å². The van der Waals surface area contributed by atoms with Crippen molar-refractivity contribution in [3.63, 3.8) is 0 Å². The van der Waals surface area contributed by atoms with Crippen LogP contribution in [0, 0.1) is 17.3 Å². The van der Waals surface area contributed by atoms with Gasteiger partial charge in [0.1, 0.15) is 11.3 Å². The van der Waals surface area contributed by atoms with Crippen molar-refractivity contribution in [3.8, 4) is 11.3 Å². The molecule has 3 aromatic rings. The molecule has 226 valence electrons. The van der Waals surface area contributed by atoms with E-state index in [9.17, 15) is 19.8 Å². The maximum absolute atomic E-state index is 13.5. The molecule has 2 unspecified atom stereocenters. The first kappa shape index (κ1) is 30.7. The average Bonchev–Trinajstić information content (AvgIpc) is 3.36. The number of piperidine rings is 1. The zero-order chi connectivity index (χ0) is 30.6. The van der Waals surface area contributed by atoms with Crippen LogP contribution in [-0.4, -0.2) is 43.9 Å². The number of carboxylic acids is 1. The molecule has 3 heterocycles. The summed E-state index contributed by atoms with van der Waals surface area (Å²) in [4.78, 5) is 32.1. The molecule has 8 heteroatoms. The summed E-state index contributed by atoms with van der Waals surface area (Å²) in [7, 11) is 0. The van der Waals surface area contributed by atoms with Gasteiger partial charge in [-0.1, -0.05) is 44.5 Å². The predicted molar refractivity (Wildman–Crippen MR) is 164 cm³/mol. The smallest absolute Gasteiger partial charge is 0.309 e. The molecule has 2 aromatic heterocycles. The topological polar surface area (TPSA) is 104 Å². The lowest BCUT2D eigenvalue weighted by Crippen LogP contribution is -2.53. The lowest BCUT2D eigenvalue weighted by molar-refractivity contribution is -0.152. The maximum Gasteiger partial charge on any atom is 0.309 e. The minimum Gasteiger partial charge on any atom is -0.481 e. The molecular formula is C34H43ClN2O5. The summed E-state index contributed by atoms with van der Waals surface area (Å²) in [5.74, 6) is -0.263. The van der Waals surface area contributed by atoms with E-state index in [2.05, 4.69) is 40.7 Å². The highest BCUT2D eigenvalue weighted by Crippen LogP contribution is 2.44. The van der Waals surface area contributed by atoms with Gasteiger partial charge in [0.15, 0.2) is 17.6 Å². The minimum absolute atomic E-state index is 0.0817. The van der Waals surface area contributed by atoms with Crippen molar-refractivity contribution >= 4 is 34.5 Å². The lowest BCUT2D eigenvalue weighted by Gasteiger charge is -2.47. The number of carboxylic acid groups (broad SMARTS) is 1. The zero-order valence-corrected chi connectivity index (χ0v) is 26.3. The van der Waals surface area contributed by atoms with Crippen LogP contribution < -0.4 is 0 Å². The van der Waals surface area contributed by atoms with E-state index in [0.29, 0.717) is 67.0 Å². The summed E-state index contributed by atoms with van der Waals surface area (Å²) in [5.41, 5.74) is 2.74. The van der Waals surface area contributed by atoms with E-state index in [1.54, 1.807) is 6.92 Å². The summed E-state index contributed by atoms with van der Waals surface area (Å²) in [5, 5.41) is 21.8. The molecule has 0 amide bonds. The van der Waals surface area contributed by atoms with Crippen molar-refractivity contribution in [2.24, 2.45) is 17.3 Å². The molecule has 42 heavy (non-hydrogen) atoms. The van der Waals surface area contributed by atoms with Gasteiger partial charge in [-0.15, -0.1) is 0 Å². The molecule has 2 fully saturated rings. The fourth-order valence-electron chi connectivity index (χ4n) is 6.85. The number of fused-ring (bicyclic) bond motifs is 1. The number of likely N-dealkylation sites (tertiary alicyclic amines) is 1. The Balaban J connectivity index is 1.36. The van der Waals surface area contributed by atoms with E-state index < -0.39 is 23.2 Å². The minimum atomic E-state index is -0.983. The van der Waals surface area contributed by atoms with Gasteiger partial charge in [-0.05, 0) is 82.9 Å². The Morgan fingerprint density at radius 3 is 2.26 bits per heavy atom. The number of carbonyl (C=O) groups excluding carboxylic acids is 1. The molecule has 1 saturated carbocycles. The molecule has 2 N–H and O–H groups in total. The largest absolute Gasteiger partial charge is 0.481 e. The molecule has 2 aliphatic rings. The lowest BCUT2D eigenvalue weighted by atomic mass is 9.67. The molecule has 1 saturated heterocycles. The second-order valence-electron chi connectivity index (χ2n) is 14.3. The summed E-state index contributed by atoms with van der Waals surface area (Å²) in [6.07, 6.45) is 2.63. The van der Waals surface area contributed by atoms with Crippen molar-refractivity contribution in [2.45, 2.75) is 97.2 Å². The molecule has 5 rings (SSSR count). The first-order valence-corrected chi connectivity index (χ1v) is 15.4. The van der Waals surface area contributed by atoms with Crippen LogP contribution in [0.4, 0.5) is 0 Å².